The summed E-state index contributed by atoms with van der Waals surface area (Å²) in [6.45, 7) is 0.267. The van der Waals surface area contributed by atoms with Gasteiger partial charge < -0.3 is 14.0 Å². The second-order valence-corrected chi connectivity index (χ2v) is 4.20. The third-order valence-electron chi connectivity index (χ3n) is 2.86. The molecule has 7 nitrogen and oxygen atoms in total. The van der Waals surface area contributed by atoms with Gasteiger partial charge in [0.25, 0.3) is 0 Å². The van der Waals surface area contributed by atoms with Crippen LogP contribution >= 0.6 is 0 Å². The zero-order chi connectivity index (χ0) is 13.2. The molecule has 1 aliphatic heterocycles. The number of aryl methyl sites for hydroxylation is 1. The maximum absolute atomic E-state index is 8.42. The van der Waals surface area contributed by atoms with Gasteiger partial charge in [0.1, 0.15) is 0 Å². The van der Waals surface area contributed by atoms with E-state index in [-0.39, 0.29) is 6.79 Å². The molecule has 0 saturated heterocycles. The van der Waals surface area contributed by atoms with Crippen molar-refractivity contribution in [2.75, 3.05) is 6.79 Å². The summed E-state index contributed by atoms with van der Waals surface area (Å²) in [5.41, 5.74) is 10.3. The average molecular weight is 257 g/mol. The van der Waals surface area contributed by atoms with E-state index in [9.17, 15) is 0 Å². The number of hydrogen-bond donors (Lipinski definition) is 0. The smallest absolute Gasteiger partial charge is 0.231 e. The number of aromatic nitrogens is 2. The van der Waals surface area contributed by atoms with E-state index >= 15 is 0 Å². The predicted molar refractivity (Wildman–Crippen MR) is 67.4 cm³/mol. The lowest BCUT2D eigenvalue weighted by atomic mass is 10.1. The lowest BCUT2D eigenvalue weighted by Crippen LogP contribution is -1.93. The number of nitrogens with zero attached hydrogens (tertiary/aromatic N) is 5. The molecule has 0 N–H and O–H groups in total. The van der Waals surface area contributed by atoms with Gasteiger partial charge in [0, 0.05) is 24.6 Å². The molecular formula is C12H11N5O2. The van der Waals surface area contributed by atoms with Crippen molar-refractivity contribution in [1.29, 1.82) is 0 Å². The van der Waals surface area contributed by atoms with Crippen LogP contribution in [0.1, 0.15) is 11.3 Å². The third kappa shape index (κ3) is 2.19. The van der Waals surface area contributed by atoms with E-state index < -0.39 is 0 Å². The van der Waals surface area contributed by atoms with Crippen molar-refractivity contribution in [3.05, 3.63) is 46.1 Å². The van der Waals surface area contributed by atoms with Crippen molar-refractivity contribution in [3.8, 4) is 11.5 Å². The molecular weight excluding hydrogens is 246 g/mol. The summed E-state index contributed by atoms with van der Waals surface area (Å²) in [6.07, 6.45) is 2.49. The molecule has 0 unspecified atom stereocenters. The van der Waals surface area contributed by atoms with E-state index in [4.69, 9.17) is 15.0 Å². The second-order valence-electron chi connectivity index (χ2n) is 4.20. The fourth-order valence-corrected chi connectivity index (χ4v) is 2.00. The van der Waals surface area contributed by atoms with Crippen LogP contribution in [0.4, 0.5) is 5.95 Å². The zero-order valence-corrected chi connectivity index (χ0v) is 10.3. The summed E-state index contributed by atoms with van der Waals surface area (Å²) in [5.74, 6) is 1.88. The minimum atomic E-state index is 0.267. The summed E-state index contributed by atoms with van der Waals surface area (Å²) in [5, 5.41) is 3.51. The normalized spacial score (nSPS) is 12.3. The Hall–Kier alpha value is -2.66. The monoisotopic (exact) mass is 257 g/mol. The Kier molecular flexibility index (Phi) is 2.74. The largest absolute Gasteiger partial charge is 0.454 e. The molecule has 1 aromatic heterocycles. The maximum Gasteiger partial charge on any atom is 0.231 e. The highest BCUT2D eigenvalue weighted by molar-refractivity contribution is 5.45. The number of rotatable bonds is 3. The molecule has 19 heavy (non-hydrogen) atoms. The van der Waals surface area contributed by atoms with Crippen LogP contribution in [0.5, 0.6) is 11.5 Å². The summed E-state index contributed by atoms with van der Waals surface area (Å²) < 4.78 is 12.3. The Morgan fingerprint density at radius 2 is 2.26 bits per heavy atom. The van der Waals surface area contributed by atoms with E-state index in [0.29, 0.717) is 12.4 Å². The number of benzene rings is 1. The van der Waals surface area contributed by atoms with Crippen LogP contribution < -0.4 is 9.47 Å². The van der Waals surface area contributed by atoms with E-state index in [1.165, 1.54) is 0 Å². The predicted octanol–water partition coefficient (Wildman–Crippen LogP) is 2.68. The highest BCUT2D eigenvalue weighted by Gasteiger charge is 2.14. The molecule has 96 valence electrons. The van der Waals surface area contributed by atoms with Crippen LogP contribution in [0.25, 0.3) is 10.4 Å². The van der Waals surface area contributed by atoms with Gasteiger partial charge in [0.15, 0.2) is 17.4 Å². The van der Waals surface area contributed by atoms with Gasteiger partial charge in [-0.05, 0) is 28.3 Å². The molecule has 0 spiro atoms. The van der Waals surface area contributed by atoms with Crippen molar-refractivity contribution < 1.29 is 9.47 Å². The quantitative estimate of drug-likeness (QED) is 0.481. The molecule has 0 amide bonds. The topological polar surface area (TPSA) is 85.0 Å². The number of azide groups is 1. The summed E-state index contributed by atoms with van der Waals surface area (Å²) in [6, 6.07) is 5.79. The molecule has 0 radical (unpaired) electrons. The Morgan fingerprint density at radius 1 is 1.42 bits per heavy atom. The van der Waals surface area contributed by atoms with E-state index in [0.717, 1.165) is 22.8 Å². The lowest BCUT2D eigenvalue weighted by molar-refractivity contribution is 0.174. The summed E-state index contributed by atoms with van der Waals surface area (Å²) in [4.78, 5) is 7.00. The molecule has 0 aliphatic carbocycles. The fourth-order valence-electron chi connectivity index (χ4n) is 2.00. The van der Waals surface area contributed by atoms with Crippen molar-refractivity contribution in [1.82, 2.24) is 9.55 Å². The minimum absolute atomic E-state index is 0.267. The molecule has 2 aromatic rings. The first-order valence-electron chi connectivity index (χ1n) is 5.72. The standard InChI is InChI=1S/C12H11N5O2/c1-17-6-9(14-12(17)15-16-13)4-8-2-3-10-11(5-8)19-7-18-10/h2-3,5-6H,4,7H2,1H3. The molecule has 0 fully saturated rings. The number of ether oxygens (including phenoxy) is 2. The Bertz CT molecular complexity index is 673. The molecule has 0 saturated carbocycles. The molecule has 0 bridgehead atoms. The molecule has 0 atom stereocenters. The van der Waals surface area contributed by atoms with E-state index in [1.54, 1.807) is 11.6 Å². The van der Waals surface area contributed by atoms with Crippen LogP contribution in [0, 0.1) is 0 Å². The van der Waals surface area contributed by atoms with Gasteiger partial charge in [0.2, 0.25) is 6.79 Å². The molecule has 1 aliphatic rings. The van der Waals surface area contributed by atoms with Gasteiger partial charge in [-0.15, -0.1) is 0 Å². The van der Waals surface area contributed by atoms with Crippen LogP contribution in [0.3, 0.4) is 0 Å². The first-order chi connectivity index (χ1) is 9.26. The second kappa shape index (κ2) is 4.55. The van der Waals surface area contributed by atoms with Gasteiger partial charge in [-0.2, -0.15) is 0 Å². The van der Waals surface area contributed by atoms with Gasteiger partial charge in [-0.1, -0.05) is 6.07 Å². The van der Waals surface area contributed by atoms with Crippen LogP contribution in [-0.2, 0) is 13.5 Å². The Labute approximate surface area is 109 Å². The van der Waals surface area contributed by atoms with Crippen molar-refractivity contribution in [2.45, 2.75) is 6.42 Å². The maximum atomic E-state index is 8.42. The first-order valence-corrected chi connectivity index (χ1v) is 5.72. The van der Waals surface area contributed by atoms with Gasteiger partial charge in [-0.3, -0.25) is 0 Å². The number of hydrogen-bond acceptors (Lipinski definition) is 4. The minimum Gasteiger partial charge on any atom is -0.454 e. The molecule has 2 heterocycles. The van der Waals surface area contributed by atoms with Crippen molar-refractivity contribution >= 4 is 5.95 Å². The molecule has 1 aromatic carbocycles. The summed E-state index contributed by atoms with van der Waals surface area (Å²) in [7, 11) is 1.79. The van der Waals surface area contributed by atoms with Crippen LogP contribution in [0.2, 0.25) is 0 Å². The van der Waals surface area contributed by atoms with Crippen LogP contribution in [0.15, 0.2) is 29.5 Å². The first kappa shape index (κ1) is 11.4. The van der Waals surface area contributed by atoms with Gasteiger partial charge in [-0.25, -0.2) is 4.98 Å². The SMILES string of the molecule is Cn1cc(Cc2ccc3c(c2)OCO3)nc1N=[N+]=[N-]. The van der Waals surface area contributed by atoms with Crippen molar-refractivity contribution in [3.63, 3.8) is 0 Å². The number of fused-ring (bicyclic) bond motifs is 1. The average Bonchev–Trinajstić information content (AvgIpc) is 2.97. The lowest BCUT2D eigenvalue weighted by Gasteiger charge is -2.00. The summed E-state index contributed by atoms with van der Waals surface area (Å²) >= 11 is 0. The Balaban J connectivity index is 1.85. The van der Waals surface area contributed by atoms with E-state index in [2.05, 4.69) is 15.0 Å². The fraction of sp³-hybridized carbons (Fsp3) is 0.250. The molecule has 3 rings (SSSR count). The van der Waals surface area contributed by atoms with Gasteiger partial charge >= 0.3 is 0 Å². The number of imidazole rings is 1. The Morgan fingerprint density at radius 3 is 3.11 bits per heavy atom. The highest BCUT2D eigenvalue weighted by atomic mass is 16.7. The molecule has 7 heteroatoms. The highest BCUT2D eigenvalue weighted by Crippen LogP contribution is 2.33. The third-order valence-corrected chi connectivity index (χ3v) is 2.86. The van der Waals surface area contributed by atoms with E-state index in [1.807, 2.05) is 24.4 Å². The van der Waals surface area contributed by atoms with Crippen molar-refractivity contribution in [2.24, 2.45) is 12.2 Å². The van der Waals surface area contributed by atoms with Gasteiger partial charge in [0.05, 0.1) is 5.69 Å². The van der Waals surface area contributed by atoms with Crippen LogP contribution in [-0.4, -0.2) is 16.3 Å². The zero-order valence-electron chi connectivity index (χ0n) is 10.3.